The lowest BCUT2D eigenvalue weighted by molar-refractivity contribution is 0.0675. The molecule has 1 fully saturated rings. The van der Waals surface area contributed by atoms with E-state index in [1.165, 1.54) is 0 Å². The van der Waals surface area contributed by atoms with E-state index in [1.807, 2.05) is 4.90 Å². The van der Waals surface area contributed by atoms with Crippen molar-refractivity contribution in [2.24, 2.45) is 0 Å². The van der Waals surface area contributed by atoms with E-state index in [-0.39, 0.29) is 11.9 Å². The summed E-state index contributed by atoms with van der Waals surface area (Å²) in [5.74, 6) is 0.0213. The first-order valence-corrected chi connectivity index (χ1v) is 7.83. The summed E-state index contributed by atoms with van der Waals surface area (Å²) < 4.78 is 0. The van der Waals surface area contributed by atoms with Gasteiger partial charge in [0.2, 0.25) is 0 Å². The van der Waals surface area contributed by atoms with E-state index in [9.17, 15) is 4.79 Å². The van der Waals surface area contributed by atoms with Gasteiger partial charge in [0, 0.05) is 24.0 Å². The third-order valence-corrected chi connectivity index (χ3v) is 4.42. The van der Waals surface area contributed by atoms with E-state index in [4.69, 9.17) is 11.6 Å². The molecule has 1 aliphatic heterocycles. The van der Waals surface area contributed by atoms with Gasteiger partial charge in [-0.2, -0.15) is 0 Å². The highest BCUT2D eigenvalue weighted by molar-refractivity contribution is 7.80. The van der Waals surface area contributed by atoms with Crippen molar-refractivity contribution in [3.05, 3.63) is 28.8 Å². The molecular formula is C15H21ClN2OS. The van der Waals surface area contributed by atoms with Crippen molar-refractivity contribution < 1.29 is 4.79 Å². The number of likely N-dealkylation sites (N-methyl/N-ethyl adjacent to an activating group) is 1. The van der Waals surface area contributed by atoms with Gasteiger partial charge in [-0.15, -0.1) is 12.6 Å². The zero-order valence-corrected chi connectivity index (χ0v) is 13.6. The summed E-state index contributed by atoms with van der Waals surface area (Å²) in [7, 11) is 2.11. The Balaban J connectivity index is 2.27. The molecular weight excluding hydrogens is 292 g/mol. The van der Waals surface area contributed by atoms with Gasteiger partial charge in [0.25, 0.3) is 5.91 Å². The van der Waals surface area contributed by atoms with Crippen LogP contribution in [0.3, 0.4) is 0 Å². The van der Waals surface area contributed by atoms with Crippen molar-refractivity contribution in [2.45, 2.75) is 30.7 Å². The molecule has 110 valence electrons. The van der Waals surface area contributed by atoms with Crippen molar-refractivity contribution in [3.63, 3.8) is 0 Å². The fourth-order valence-corrected chi connectivity index (χ4v) is 3.09. The standard InChI is InChI=1S/C15H21ClN2OS/c1-3-11-10-17(2)7-4-8-18(11)15(19)13-9-12(20)5-6-14(13)16/h5-6,9,11,20H,3-4,7-8,10H2,1-2H3. The van der Waals surface area contributed by atoms with Crippen LogP contribution in [-0.4, -0.2) is 48.4 Å². The second kappa shape index (κ2) is 6.83. The Morgan fingerprint density at radius 1 is 1.45 bits per heavy atom. The van der Waals surface area contributed by atoms with E-state index in [0.29, 0.717) is 10.6 Å². The molecule has 3 nitrogen and oxygen atoms in total. The Bertz CT molecular complexity index is 495. The molecule has 20 heavy (non-hydrogen) atoms. The summed E-state index contributed by atoms with van der Waals surface area (Å²) in [5.41, 5.74) is 0.558. The van der Waals surface area contributed by atoms with Gasteiger partial charge in [-0.3, -0.25) is 4.79 Å². The van der Waals surface area contributed by atoms with Crippen LogP contribution < -0.4 is 0 Å². The van der Waals surface area contributed by atoms with Crippen LogP contribution >= 0.6 is 24.2 Å². The molecule has 0 radical (unpaired) electrons. The fourth-order valence-electron chi connectivity index (χ4n) is 2.69. The van der Waals surface area contributed by atoms with E-state index in [0.717, 1.165) is 37.4 Å². The van der Waals surface area contributed by atoms with Gasteiger partial charge in [-0.05, 0) is 44.6 Å². The second-order valence-electron chi connectivity index (χ2n) is 5.34. The third kappa shape index (κ3) is 3.48. The molecule has 1 saturated heterocycles. The van der Waals surface area contributed by atoms with Crippen LogP contribution in [0.4, 0.5) is 0 Å². The molecule has 0 spiro atoms. The molecule has 0 saturated carbocycles. The predicted octanol–water partition coefficient (Wildman–Crippen LogP) is 3.19. The number of carbonyl (C=O) groups is 1. The fraction of sp³-hybridized carbons (Fsp3) is 0.533. The first kappa shape index (κ1) is 15.7. The predicted molar refractivity (Wildman–Crippen MR) is 85.9 cm³/mol. The van der Waals surface area contributed by atoms with Crippen molar-refractivity contribution >= 4 is 30.1 Å². The molecule has 1 heterocycles. The van der Waals surface area contributed by atoms with E-state index >= 15 is 0 Å². The number of hydrogen-bond acceptors (Lipinski definition) is 3. The van der Waals surface area contributed by atoms with Gasteiger partial charge in [-0.1, -0.05) is 18.5 Å². The highest BCUT2D eigenvalue weighted by Gasteiger charge is 2.27. The minimum absolute atomic E-state index is 0.0213. The van der Waals surface area contributed by atoms with Gasteiger partial charge in [-0.25, -0.2) is 0 Å². The lowest BCUT2D eigenvalue weighted by atomic mass is 10.1. The monoisotopic (exact) mass is 312 g/mol. The summed E-state index contributed by atoms with van der Waals surface area (Å²) in [6, 6.07) is 5.54. The van der Waals surface area contributed by atoms with Crippen LogP contribution in [0.25, 0.3) is 0 Å². The summed E-state index contributed by atoms with van der Waals surface area (Å²) in [4.78, 5) is 17.8. The molecule has 0 bridgehead atoms. The van der Waals surface area contributed by atoms with Crippen LogP contribution in [0, 0.1) is 0 Å². The first-order chi connectivity index (χ1) is 9.52. The van der Waals surface area contributed by atoms with E-state index < -0.39 is 0 Å². The summed E-state index contributed by atoms with van der Waals surface area (Å²) >= 11 is 10.5. The number of halogens is 1. The maximum Gasteiger partial charge on any atom is 0.255 e. The van der Waals surface area contributed by atoms with E-state index in [2.05, 4.69) is 31.5 Å². The van der Waals surface area contributed by atoms with Gasteiger partial charge >= 0.3 is 0 Å². The van der Waals surface area contributed by atoms with Crippen molar-refractivity contribution in [3.8, 4) is 0 Å². The first-order valence-electron chi connectivity index (χ1n) is 7.01. The summed E-state index contributed by atoms with van der Waals surface area (Å²) in [5, 5.41) is 0.500. The van der Waals surface area contributed by atoms with Crippen molar-refractivity contribution in [1.82, 2.24) is 9.80 Å². The maximum atomic E-state index is 12.8. The molecule has 2 rings (SSSR count). The van der Waals surface area contributed by atoms with Crippen molar-refractivity contribution in [2.75, 3.05) is 26.7 Å². The highest BCUT2D eigenvalue weighted by Crippen LogP contribution is 2.23. The molecule has 1 aromatic carbocycles. The molecule has 1 aromatic rings. The van der Waals surface area contributed by atoms with Gasteiger partial charge < -0.3 is 9.80 Å². The minimum Gasteiger partial charge on any atom is -0.334 e. The lowest BCUT2D eigenvalue weighted by Crippen LogP contribution is -2.43. The van der Waals surface area contributed by atoms with Gasteiger partial charge in [0.15, 0.2) is 0 Å². The SMILES string of the molecule is CCC1CN(C)CCCN1C(=O)c1cc(S)ccc1Cl. The number of thiol groups is 1. The zero-order chi connectivity index (χ0) is 14.7. The highest BCUT2D eigenvalue weighted by atomic mass is 35.5. The van der Waals surface area contributed by atoms with Gasteiger partial charge in [0.1, 0.15) is 0 Å². The number of amides is 1. The average molecular weight is 313 g/mol. The summed E-state index contributed by atoms with van der Waals surface area (Å²) in [6.45, 7) is 4.86. The third-order valence-electron chi connectivity index (χ3n) is 3.81. The maximum absolute atomic E-state index is 12.8. The van der Waals surface area contributed by atoms with Gasteiger partial charge in [0.05, 0.1) is 10.6 Å². The van der Waals surface area contributed by atoms with Crippen LogP contribution in [0.1, 0.15) is 30.1 Å². The quantitative estimate of drug-likeness (QED) is 0.848. The average Bonchev–Trinajstić information content (AvgIpc) is 2.62. The van der Waals surface area contributed by atoms with Crippen molar-refractivity contribution in [1.29, 1.82) is 0 Å². The number of hydrogen-bond donors (Lipinski definition) is 1. The topological polar surface area (TPSA) is 23.6 Å². The van der Waals surface area contributed by atoms with E-state index in [1.54, 1.807) is 18.2 Å². The minimum atomic E-state index is 0.0213. The van der Waals surface area contributed by atoms with Crippen LogP contribution in [0.5, 0.6) is 0 Å². The Morgan fingerprint density at radius 3 is 2.90 bits per heavy atom. The molecule has 0 aliphatic carbocycles. The number of rotatable bonds is 2. The molecule has 0 aromatic heterocycles. The molecule has 1 unspecified atom stereocenters. The Labute approximate surface area is 131 Å². The molecule has 1 amide bonds. The lowest BCUT2D eigenvalue weighted by Gasteiger charge is -2.30. The molecule has 1 atom stereocenters. The molecule has 5 heteroatoms. The normalized spacial score (nSPS) is 20.8. The Hall–Kier alpha value is -0.710. The summed E-state index contributed by atoms with van der Waals surface area (Å²) in [6.07, 6.45) is 1.95. The Morgan fingerprint density at radius 2 is 2.20 bits per heavy atom. The Kier molecular flexibility index (Phi) is 5.35. The van der Waals surface area contributed by atoms with Crippen LogP contribution in [-0.2, 0) is 0 Å². The van der Waals surface area contributed by atoms with Crippen LogP contribution in [0.2, 0.25) is 5.02 Å². The number of nitrogens with zero attached hydrogens (tertiary/aromatic N) is 2. The number of carbonyl (C=O) groups excluding carboxylic acids is 1. The molecule has 1 aliphatic rings. The smallest absolute Gasteiger partial charge is 0.255 e. The van der Waals surface area contributed by atoms with Crippen LogP contribution in [0.15, 0.2) is 23.1 Å². The largest absolute Gasteiger partial charge is 0.334 e. The zero-order valence-electron chi connectivity index (χ0n) is 12.0. The molecule has 0 N–H and O–H groups in total. The number of benzene rings is 1. The second-order valence-corrected chi connectivity index (χ2v) is 6.26.